The normalized spacial score (nSPS) is 13.9. The number of aliphatic imine (C=N–C) groups is 1. The van der Waals surface area contributed by atoms with Crippen LogP contribution >= 0.6 is 0 Å². The van der Waals surface area contributed by atoms with Gasteiger partial charge < -0.3 is 77.6 Å². The molecule has 8 rings (SSSR count). The lowest BCUT2D eigenvalue weighted by Gasteiger charge is -2.20. The van der Waals surface area contributed by atoms with Gasteiger partial charge >= 0.3 is 0 Å². The molecule has 6 aromatic rings. The van der Waals surface area contributed by atoms with Crippen LogP contribution in [0.5, 0.6) is 11.5 Å². The Balaban J connectivity index is 0.756. The van der Waals surface area contributed by atoms with E-state index in [4.69, 9.17) is 48.4 Å². The average Bonchev–Trinajstić information content (AvgIpc) is 3.97. The van der Waals surface area contributed by atoms with Crippen LogP contribution in [0.2, 0.25) is 0 Å². The lowest BCUT2D eigenvalue weighted by molar-refractivity contribution is -0.116. The number of aromatic nitrogens is 5. The predicted octanol–water partition coefficient (Wildman–Crippen LogP) is 5.41. The summed E-state index contributed by atoms with van der Waals surface area (Å²) in [5.74, 6) is -0.723. The van der Waals surface area contributed by atoms with E-state index in [1.807, 2.05) is 6.07 Å². The molecule has 1 atom stereocenters. The first-order valence-corrected chi connectivity index (χ1v) is 27.1. The highest BCUT2D eigenvalue weighted by atomic mass is 16.6. The second-order valence-electron chi connectivity index (χ2n) is 19.6. The molecular weight excluding hydrogens is 1060 g/mol. The first-order valence-electron chi connectivity index (χ1n) is 27.1. The quantitative estimate of drug-likeness (QED) is 0.0197. The number of nitrogens with one attached hydrogen (secondary N) is 2. The number of rotatable bonds is 34. The number of carbonyl (C=O) groups excluding carboxylic acids is 5. The fraction of sp³-hybridized carbons (Fsp3) is 0.431. The molecule has 6 heterocycles. The highest BCUT2D eigenvalue weighted by molar-refractivity contribution is 6.06. The number of Topliss-reactive ketones (excluding diaryl/α,β-unsaturated/α-hetero) is 1. The van der Waals surface area contributed by atoms with Crippen molar-refractivity contribution in [1.29, 1.82) is 0 Å². The van der Waals surface area contributed by atoms with E-state index in [1.54, 1.807) is 114 Å². The van der Waals surface area contributed by atoms with Gasteiger partial charge in [0.05, 0.1) is 127 Å². The van der Waals surface area contributed by atoms with Crippen molar-refractivity contribution in [1.82, 2.24) is 28.2 Å². The number of benzene rings is 2. The molecule has 3 amide bonds. The fourth-order valence-corrected chi connectivity index (χ4v) is 9.25. The van der Waals surface area contributed by atoms with Crippen LogP contribution in [-0.2, 0) is 65.5 Å². The lowest BCUT2D eigenvalue weighted by Crippen LogP contribution is -2.35. The van der Waals surface area contributed by atoms with Crippen LogP contribution in [0, 0.1) is 0 Å². The number of ketones is 1. The molecule has 438 valence electrons. The zero-order valence-corrected chi connectivity index (χ0v) is 46.9. The van der Waals surface area contributed by atoms with E-state index in [0.717, 1.165) is 16.5 Å². The predicted molar refractivity (Wildman–Crippen MR) is 305 cm³/mol. The van der Waals surface area contributed by atoms with Crippen molar-refractivity contribution in [2.45, 2.75) is 31.7 Å². The van der Waals surface area contributed by atoms with Crippen LogP contribution in [0.4, 0.5) is 22.9 Å². The molecule has 0 spiro atoms. The molecule has 0 aliphatic carbocycles. The monoisotopic (exact) mass is 1130 g/mol. The Bertz CT molecular complexity index is 3230. The Morgan fingerprint density at radius 2 is 1.34 bits per heavy atom. The second kappa shape index (κ2) is 29.7. The van der Waals surface area contributed by atoms with Gasteiger partial charge in [-0.05, 0) is 60.9 Å². The molecule has 4 aromatic heterocycles. The first-order chi connectivity index (χ1) is 39.8. The smallest absolute Gasteiger partial charge is 0.291 e. The number of nitrogens with two attached hydrogens (primary N) is 1. The number of aryl methyl sites for hydroxylation is 3. The maximum Gasteiger partial charge on any atom is 0.291 e. The largest absolute Gasteiger partial charge is 0.490 e. The van der Waals surface area contributed by atoms with E-state index >= 15 is 0 Å². The molecule has 2 aliphatic rings. The molecule has 24 nitrogen and oxygen atoms in total. The summed E-state index contributed by atoms with van der Waals surface area (Å²) >= 11 is 0. The maximum atomic E-state index is 13.7. The number of nitrogen functional groups attached to an aromatic ring is 1. The number of anilines is 3. The van der Waals surface area contributed by atoms with Crippen LogP contribution in [0.1, 0.15) is 66.8 Å². The van der Waals surface area contributed by atoms with E-state index in [-0.39, 0.29) is 73.9 Å². The van der Waals surface area contributed by atoms with Crippen LogP contribution in [0.3, 0.4) is 0 Å². The van der Waals surface area contributed by atoms with Crippen molar-refractivity contribution in [2.24, 2.45) is 26.1 Å². The molecule has 0 unspecified atom stereocenters. The number of nitrogens with zero attached hydrogens (tertiary/aromatic N) is 7. The van der Waals surface area contributed by atoms with Gasteiger partial charge in [0, 0.05) is 95.8 Å². The molecule has 24 heteroatoms. The minimum Gasteiger partial charge on any atom is -0.490 e. The van der Waals surface area contributed by atoms with E-state index in [0.29, 0.717) is 150 Å². The SMILES string of the molecule is C=C1C[C@H]2C=Nc3cc(OCCCC(=O)Nc4cn(C)c(C(=O)Nc5cc(C(=O)Cc6cc(C(=O)n7ccc8cc(N)ccc87)n(C)c6)n(C)c5)n4)c(OCCOCCOCCOCCOCCOCCOCCOC)cc3C(=O)N2C1. The second-order valence-corrected chi connectivity index (χ2v) is 19.6. The molecule has 1 saturated heterocycles. The van der Waals surface area contributed by atoms with Gasteiger partial charge in [-0.2, -0.15) is 0 Å². The summed E-state index contributed by atoms with van der Waals surface area (Å²) in [5, 5.41) is 6.39. The number of hydrogen-bond acceptors (Lipinski definition) is 17. The number of amides is 3. The maximum absolute atomic E-state index is 13.7. The third-order valence-electron chi connectivity index (χ3n) is 13.3. The minimum absolute atomic E-state index is 0.0122. The Kier molecular flexibility index (Phi) is 21.7. The van der Waals surface area contributed by atoms with Gasteiger partial charge in [0.25, 0.3) is 17.7 Å². The average molecular weight is 1130 g/mol. The molecule has 1 fully saturated rings. The fourth-order valence-electron chi connectivity index (χ4n) is 9.25. The van der Waals surface area contributed by atoms with Gasteiger partial charge in [0.1, 0.15) is 12.3 Å². The number of carbonyl (C=O) groups is 5. The molecular formula is C58H72N10O14. The van der Waals surface area contributed by atoms with Gasteiger partial charge in [-0.3, -0.25) is 33.5 Å². The molecule has 4 N–H and O–H groups in total. The number of ether oxygens (including phenoxy) is 9. The summed E-state index contributed by atoms with van der Waals surface area (Å²) < 4.78 is 56.8. The van der Waals surface area contributed by atoms with E-state index in [2.05, 4.69) is 27.2 Å². The van der Waals surface area contributed by atoms with Gasteiger partial charge in [0.2, 0.25) is 11.7 Å². The van der Waals surface area contributed by atoms with Crippen molar-refractivity contribution in [3.05, 3.63) is 114 Å². The Labute approximate surface area is 475 Å². The third-order valence-corrected chi connectivity index (χ3v) is 13.3. The van der Waals surface area contributed by atoms with E-state index < -0.39 is 5.91 Å². The Morgan fingerprint density at radius 3 is 2.02 bits per heavy atom. The van der Waals surface area contributed by atoms with Crippen LogP contribution in [0.25, 0.3) is 10.9 Å². The summed E-state index contributed by atoms with van der Waals surface area (Å²) in [5.41, 5.74) is 10.8. The summed E-state index contributed by atoms with van der Waals surface area (Å²) in [6, 6.07) is 13.5. The van der Waals surface area contributed by atoms with Crippen molar-refractivity contribution in [2.75, 3.05) is 129 Å². The van der Waals surface area contributed by atoms with Gasteiger partial charge in [-0.15, -0.1) is 0 Å². The van der Waals surface area contributed by atoms with Crippen LogP contribution in [0.15, 0.2) is 90.5 Å². The Hall–Kier alpha value is -7.97. The molecule has 2 aromatic carbocycles. The van der Waals surface area contributed by atoms with Gasteiger partial charge in [-0.25, -0.2) is 4.98 Å². The summed E-state index contributed by atoms with van der Waals surface area (Å²) in [6.07, 6.45) is 9.34. The molecule has 2 aliphatic heterocycles. The number of imidazole rings is 1. The highest BCUT2D eigenvalue weighted by Gasteiger charge is 2.34. The van der Waals surface area contributed by atoms with Gasteiger partial charge in [0.15, 0.2) is 23.1 Å². The van der Waals surface area contributed by atoms with Crippen molar-refractivity contribution < 1.29 is 66.6 Å². The molecule has 0 bridgehead atoms. The Morgan fingerprint density at radius 1 is 0.707 bits per heavy atom. The van der Waals surface area contributed by atoms with Crippen molar-refractivity contribution in [3.8, 4) is 11.5 Å². The van der Waals surface area contributed by atoms with Crippen molar-refractivity contribution >= 4 is 69.4 Å². The van der Waals surface area contributed by atoms with E-state index in [9.17, 15) is 24.0 Å². The van der Waals surface area contributed by atoms with E-state index in [1.165, 1.54) is 10.8 Å². The zero-order chi connectivity index (χ0) is 58.0. The zero-order valence-electron chi connectivity index (χ0n) is 46.9. The van der Waals surface area contributed by atoms with Crippen molar-refractivity contribution in [3.63, 3.8) is 0 Å². The molecule has 82 heavy (non-hydrogen) atoms. The molecule has 0 saturated carbocycles. The van der Waals surface area contributed by atoms with Crippen LogP contribution < -0.4 is 25.8 Å². The van der Waals surface area contributed by atoms with Gasteiger partial charge in [-0.1, -0.05) is 12.2 Å². The summed E-state index contributed by atoms with van der Waals surface area (Å²) in [6.45, 7) is 10.5. The van der Waals surface area contributed by atoms with Crippen LogP contribution in [-0.4, -0.2) is 183 Å². The standard InChI is InChI=1S/C58H72N10O14/c1-39-27-44-34-60-46-33-52(51(32-45(46)57(72)68(44)35-39)82-26-25-80-24-23-79-22-21-78-20-19-77-18-17-76-16-15-75-14-13-74-5)81-12-6-7-54(70)62-53-38-66(4)55(63-53)56(71)61-43-31-48(65(3)37-43)50(69)29-40-28-49(64(2)36-40)58(73)67-11-10-41-30-42(59)8-9-47(41)67/h8-11,28,30-34,36-38,44H,1,6-7,12-27,29,35,59H2,2-5H3,(H,61,71)(H,62,70)/t44-/m0/s1. The number of methoxy groups -OCH3 is 1. The third kappa shape index (κ3) is 16.4. The number of hydrogen-bond donors (Lipinski definition) is 3. The summed E-state index contributed by atoms with van der Waals surface area (Å²) in [7, 11) is 6.70. The highest BCUT2D eigenvalue weighted by Crippen LogP contribution is 2.39. The topological polar surface area (TPSA) is 267 Å². The molecule has 0 radical (unpaired) electrons. The first kappa shape index (κ1) is 60.1. The minimum atomic E-state index is -0.561. The number of fused-ring (bicyclic) bond motifs is 3. The lowest BCUT2D eigenvalue weighted by atomic mass is 10.1. The summed E-state index contributed by atoms with van der Waals surface area (Å²) in [4.78, 5) is 78.3.